The summed E-state index contributed by atoms with van der Waals surface area (Å²) in [5, 5.41) is 4.67. The van der Waals surface area contributed by atoms with Crippen LogP contribution in [-0.2, 0) is 9.53 Å². The van der Waals surface area contributed by atoms with E-state index in [1.807, 2.05) is 0 Å². The summed E-state index contributed by atoms with van der Waals surface area (Å²) in [5.41, 5.74) is 0.185. The van der Waals surface area contributed by atoms with Crippen LogP contribution in [0.15, 0.2) is 48.5 Å². The van der Waals surface area contributed by atoms with Crippen molar-refractivity contribution in [2.45, 2.75) is 12.0 Å². The molecule has 27 heavy (non-hydrogen) atoms. The Bertz CT molecular complexity index is 860. The number of ether oxygens (including phenoxy) is 1. The molecule has 2 aromatic carbocycles. The summed E-state index contributed by atoms with van der Waals surface area (Å²) in [6.07, 6.45) is -5.58. The van der Waals surface area contributed by atoms with Crippen molar-refractivity contribution in [1.29, 1.82) is 0 Å². The minimum absolute atomic E-state index is 0.0154. The van der Waals surface area contributed by atoms with Gasteiger partial charge in [-0.2, -0.15) is 17.6 Å². The SMILES string of the molecule is COC(F)(C(=O)Nc1cccc(C(=O)Nc2cccc(Cl)c2)c1)C(F)(F)F. The maximum absolute atomic E-state index is 13.8. The molecule has 0 bridgehead atoms. The Morgan fingerprint density at radius 3 is 2.11 bits per heavy atom. The number of amides is 2. The second-order valence-electron chi connectivity index (χ2n) is 5.30. The van der Waals surface area contributed by atoms with E-state index in [0.717, 1.165) is 6.07 Å². The molecule has 2 amide bonds. The van der Waals surface area contributed by atoms with Crippen molar-refractivity contribution in [3.05, 3.63) is 59.1 Å². The summed E-state index contributed by atoms with van der Waals surface area (Å²) < 4.78 is 55.7. The topological polar surface area (TPSA) is 67.4 Å². The fourth-order valence-electron chi connectivity index (χ4n) is 2.06. The zero-order chi connectivity index (χ0) is 20.2. The van der Waals surface area contributed by atoms with Gasteiger partial charge in [0, 0.05) is 29.1 Å². The lowest BCUT2D eigenvalue weighted by Crippen LogP contribution is -2.52. The summed E-state index contributed by atoms with van der Waals surface area (Å²) in [6, 6.07) is 11.2. The Morgan fingerprint density at radius 1 is 0.963 bits per heavy atom. The van der Waals surface area contributed by atoms with Crippen molar-refractivity contribution in [3.63, 3.8) is 0 Å². The second-order valence-corrected chi connectivity index (χ2v) is 5.73. The van der Waals surface area contributed by atoms with Crippen LogP contribution in [0.1, 0.15) is 10.4 Å². The third-order valence-electron chi connectivity index (χ3n) is 3.40. The minimum Gasteiger partial charge on any atom is -0.335 e. The van der Waals surface area contributed by atoms with E-state index in [-0.39, 0.29) is 11.3 Å². The van der Waals surface area contributed by atoms with Crippen molar-refractivity contribution in [1.82, 2.24) is 0 Å². The number of rotatable bonds is 5. The molecule has 10 heteroatoms. The fourth-order valence-corrected chi connectivity index (χ4v) is 2.25. The molecule has 144 valence electrons. The van der Waals surface area contributed by atoms with Gasteiger partial charge in [0.1, 0.15) is 0 Å². The molecule has 2 N–H and O–H groups in total. The molecule has 2 aromatic rings. The second kappa shape index (κ2) is 7.93. The van der Waals surface area contributed by atoms with Gasteiger partial charge in [0.25, 0.3) is 11.8 Å². The smallest absolute Gasteiger partial charge is 0.335 e. The van der Waals surface area contributed by atoms with Crippen molar-refractivity contribution < 1.29 is 31.9 Å². The molecule has 0 aromatic heterocycles. The molecular formula is C17H13ClF4N2O3. The highest BCUT2D eigenvalue weighted by Crippen LogP contribution is 2.35. The Balaban J connectivity index is 2.17. The first kappa shape index (κ1) is 20.7. The first-order chi connectivity index (χ1) is 12.6. The quantitative estimate of drug-likeness (QED) is 0.726. The summed E-state index contributed by atoms with van der Waals surface area (Å²) in [7, 11) is 0.419. The van der Waals surface area contributed by atoms with Gasteiger partial charge >= 0.3 is 12.0 Å². The maximum atomic E-state index is 13.8. The largest absolute Gasteiger partial charge is 0.458 e. The molecule has 0 heterocycles. The lowest BCUT2D eigenvalue weighted by atomic mass is 10.1. The molecule has 0 fully saturated rings. The van der Waals surface area contributed by atoms with Crippen molar-refractivity contribution >= 4 is 34.8 Å². The molecule has 0 aliphatic rings. The van der Waals surface area contributed by atoms with E-state index in [0.29, 0.717) is 17.8 Å². The van der Waals surface area contributed by atoms with Gasteiger partial charge in [0.15, 0.2) is 0 Å². The van der Waals surface area contributed by atoms with Gasteiger partial charge in [-0.1, -0.05) is 23.7 Å². The number of benzene rings is 2. The van der Waals surface area contributed by atoms with Crippen LogP contribution in [-0.4, -0.2) is 31.0 Å². The maximum Gasteiger partial charge on any atom is 0.458 e. The molecule has 0 radical (unpaired) electrons. The van der Waals surface area contributed by atoms with Crippen molar-refractivity contribution in [3.8, 4) is 0 Å². The van der Waals surface area contributed by atoms with Gasteiger partial charge in [0.05, 0.1) is 0 Å². The van der Waals surface area contributed by atoms with E-state index in [4.69, 9.17) is 11.6 Å². The standard InChI is InChI=1S/C17H13ClF4N2O3/c1-27-16(19,17(20,21)22)15(26)24-12-6-2-4-10(8-12)14(25)23-13-7-3-5-11(18)9-13/h2-9H,1H3,(H,23,25)(H,24,26). The fraction of sp³-hybridized carbons (Fsp3) is 0.176. The first-order valence-electron chi connectivity index (χ1n) is 7.36. The van der Waals surface area contributed by atoms with Crippen LogP contribution in [0.4, 0.5) is 28.9 Å². The number of carbonyl (C=O) groups excluding carboxylic acids is 2. The van der Waals surface area contributed by atoms with Crippen LogP contribution in [0.3, 0.4) is 0 Å². The molecular weight excluding hydrogens is 392 g/mol. The lowest BCUT2D eigenvalue weighted by Gasteiger charge is -2.24. The molecule has 0 aliphatic heterocycles. The van der Waals surface area contributed by atoms with Crippen LogP contribution in [0.5, 0.6) is 0 Å². The monoisotopic (exact) mass is 404 g/mol. The number of halogens is 5. The van der Waals surface area contributed by atoms with Gasteiger partial charge in [0.2, 0.25) is 0 Å². The van der Waals surface area contributed by atoms with Crippen LogP contribution in [0.2, 0.25) is 5.02 Å². The predicted octanol–water partition coefficient (Wildman–Crippen LogP) is 4.41. The molecule has 0 saturated carbocycles. The Kier molecular flexibility index (Phi) is 6.07. The number of anilines is 2. The number of methoxy groups -OCH3 is 1. The Hall–Kier alpha value is -2.65. The molecule has 1 unspecified atom stereocenters. The zero-order valence-electron chi connectivity index (χ0n) is 13.7. The van der Waals surface area contributed by atoms with Gasteiger partial charge in [-0.05, 0) is 36.4 Å². The van der Waals surface area contributed by atoms with Crippen molar-refractivity contribution in [2.75, 3.05) is 17.7 Å². The predicted molar refractivity (Wildman–Crippen MR) is 91.4 cm³/mol. The highest BCUT2D eigenvalue weighted by Gasteiger charge is 2.63. The summed E-state index contributed by atoms with van der Waals surface area (Å²) in [6.45, 7) is 0. The van der Waals surface area contributed by atoms with Gasteiger partial charge in [-0.3, -0.25) is 9.59 Å². The lowest BCUT2D eigenvalue weighted by molar-refractivity contribution is -0.305. The van der Waals surface area contributed by atoms with Gasteiger partial charge < -0.3 is 15.4 Å². The van der Waals surface area contributed by atoms with Crippen molar-refractivity contribution in [2.24, 2.45) is 0 Å². The number of carbonyl (C=O) groups is 2. The van der Waals surface area contributed by atoms with Crippen LogP contribution in [0, 0.1) is 0 Å². The highest BCUT2D eigenvalue weighted by atomic mass is 35.5. The highest BCUT2D eigenvalue weighted by molar-refractivity contribution is 6.31. The number of hydrogen-bond donors (Lipinski definition) is 2. The average Bonchev–Trinajstić information content (AvgIpc) is 2.60. The van der Waals surface area contributed by atoms with Crippen LogP contribution < -0.4 is 10.6 Å². The summed E-state index contributed by atoms with van der Waals surface area (Å²) >= 11 is 5.81. The molecule has 0 spiro atoms. The molecule has 1 atom stereocenters. The van der Waals surface area contributed by atoms with E-state index in [2.05, 4.69) is 10.1 Å². The number of alkyl halides is 4. The van der Waals surface area contributed by atoms with E-state index in [1.54, 1.807) is 23.5 Å². The zero-order valence-corrected chi connectivity index (χ0v) is 14.5. The number of nitrogens with one attached hydrogen (secondary N) is 2. The van der Waals surface area contributed by atoms with Crippen LogP contribution in [0.25, 0.3) is 0 Å². The van der Waals surface area contributed by atoms with E-state index in [9.17, 15) is 27.2 Å². The molecule has 5 nitrogen and oxygen atoms in total. The Labute approximate surface area is 156 Å². The van der Waals surface area contributed by atoms with E-state index < -0.39 is 23.8 Å². The summed E-state index contributed by atoms with van der Waals surface area (Å²) in [4.78, 5) is 23.9. The average molecular weight is 405 g/mol. The molecule has 2 rings (SSSR count). The first-order valence-corrected chi connectivity index (χ1v) is 7.74. The molecule has 0 saturated heterocycles. The van der Waals surface area contributed by atoms with Gasteiger partial charge in [-0.25, -0.2) is 0 Å². The van der Waals surface area contributed by atoms with E-state index in [1.165, 1.54) is 24.3 Å². The normalized spacial score (nSPS) is 13.6. The third-order valence-corrected chi connectivity index (χ3v) is 3.64. The third kappa shape index (κ3) is 4.75. The molecule has 0 aliphatic carbocycles. The number of hydrogen-bond acceptors (Lipinski definition) is 3. The van der Waals surface area contributed by atoms with Gasteiger partial charge in [-0.15, -0.1) is 0 Å². The Morgan fingerprint density at radius 2 is 1.56 bits per heavy atom. The summed E-state index contributed by atoms with van der Waals surface area (Å²) in [5.74, 6) is -7.20. The minimum atomic E-state index is -5.58. The van der Waals surface area contributed by atoms with E-state index >= 15 is 0 Å². The van der Waals surface area contributed by atoms with Crippen LogP contribution >= 0.6 is 11.6 Å².